The van der Waals surface area contributed by atoms with Crippen LogP contribution in [0.5, 0.6) is 0 Å². The Morgan fingerprint density at radius 2 is 1.61 bits per heavy atom. The molecule has 0 bridgehead atoms. The van der Waals surface area contributed by atoms with E-state index in [1.54, 1.807) is 6.92 Å². The molecule has 23 heavy (non-hydrogen) atoms. The van der Waals surface area contributed by atoms with Crippen molar-refractivity contribution >= 4 is 11.8 Å². The van der Waals surface area contributed by atoms with Gasteiger partial charge in [-0.1, -0.05) is 30.3 Å². The third kappa shape index (κ3) is 3.85. The van der Waals surface area contributed by atoms with Gasteiger partial charge in [0.25, 0.3) is 11.8 Å². The summed E-state index contributed by atoms with van der Waals surface area (Å²) in [5.41, 5.74) is 0.215. The van der Waals surface area contributed by atoms with Crippen LogP contribution in [-0.2, 0) is 29.7 Å². The highest BCUT2D eigenvalue weighted by Crippen LogP contribution is 2.26. The lowest BCUT2D eigenvalue weighted by Crippen LogP contribution is -2.47. The molecule has 0 saturated heterocycles. The Bertz CT molecular complexity index is 578. The summed E-state index contributed by atoms with van der Waals surface area (Å²) < 4.78 is 5.23. The van der Waals surface area contributed by atoms with Gasteiger partial charge in [0, 0.05) is 19.3 Å². The number of hydrogen-bond donors (Lipinski definition) is 0. The summed E-state index contributed by atoms with van der Waals surface area (Å²) in [6.45, 7) is 5.37. The van der Waals surface area contributed by atoms with Crippen molar-refractivity contribution in [1.29, 1.82) is 0 Å². The van der Waals surface area contributed by atoms with E-state index < -0.39 is 29.7 Å². The van der Waals surface area contributed by atoms with Crippen LogP contribution in [0.3, 0.4) is 0 Å². The van der Waals surface area contributed by atoms with E-state index in [0.29, 0.717) is 0 Å². The van der Waals surface area contributed by atoms with Crippen LogP contribution in [0.15, 0.2) is 42.5 Å². The number of imide groups is 1. The lowest BCUT2D eigenvalue weighted by Gasteiger charge is -2.31. The van der Waals surface area contributed by atoms with Crippen LogP contribution < -0.4 is 0 Å². The topological polar surface area (TPSA) is 65.1 Å². The first-order valence-corrected chi connectivity index (χ1v) is 7.35. The SMILES string of the molecule is COC(OOC(C)(C)c1ccccc1)C(C)N1C(=O)C=CC1=O. The summed E-state index contributed by atoms with van der Waals surface area (Å²) in [6.07, 6.45) is 1.55. The molecule has 0 radical (unpaired) electrons. The van der Waals surface area contributed by atoms with Crippen molar-refractivity contribution in [2.45, 2.75) is 38.7 Å². The van der Waals surface area contributed by atoms with Crippen LogP contribution in [0, 0.1) is 0 Å². The fraction of sp³-hybridized carbons (Fsp3) is 0.412. The average Bonchev–Trinajstić information content (AvgIpc) is 2.87. The van der Waals surface area contributed by atoms with Crippen LogP contribution in [0.1, 0.15) is 26.3 Å². The molecular formula is C17H21NO5. The second-order valence-corrected chi connectivity index (χ2v) is 5.78. The standard InChI is InChI=1S/C17H21NO5/c1-12(18-14(19)10-11-15(18)20)16(21-4)22-23-17(2,3)13-8-6-5-7-9-13/h5-12,16H,1-4H3. The van der Waals surface area contributed by atoms with Gasteiger partial charge in [-0.2, -0.15) is 0 Å². The van der Waals surface area contributed by atoms with E-state index in [4.69, 9.17) is 14.5 Å². The molecule has 1 aliphatic rings. The van der Waals surface area contributed by atoms with Gasteiger partial charge >= 0.3 is 0 Å². The number of methoxy groups -OCH3 is 1. The van der Waals surface area contributed by atoms with Crippen molar-refractivity contribution in [1.82, 2.24) is 4.90 Å². The molecule has 1 aliphatic heterocycles. The molecule has 2 amide bonds. The second kappa shape index (κ2) is 7.04. The van der Waals surface area contributed by atoms with Crippen molar-refractivity contribution in [3.05, 3.63) is 48.0 Å². The van der Waals surface area contributed by atoms with Crippen LogP contribution in [-0.4, -0.2) is 36.2 Å². The van der Waals surface area contributed by atoms with Crippen molar-refractivity contribution in [2.75, 3.05) is 7.11 Å². The molecule has 1 aromatic rings. The average molecular weight is 319 g/mol. The van der Waals surface area contributed by atoms with E-state index in [-0.39, 0.29) is 0 Å². The summed E-state index contributed by atoms with van der Waals surface area (Å²) in [4.78, 5) is 35.5. The highest BCUT2D eigenvalue weighted by Gasteiger charge is 2.36. The van der Waals surface area contributed by atoms with Crippen molar-refractivity contribution in [2.24, 2.45) is 0 Å². The molecule has 0 fully saturated rings. The second-order valence-electron chi connectivity index (χ2n) is 5.78. The Labute approximate surface area is 135 Å². The van der Waals surface area contributed by atoms with Gasteiger partial charge in [-0.25, -0.2) is 9.78 Å². The molecule has 1 heterocycles. The molecule has 1 aromatic carbocycles. The summed E-state index contributed by atoms with van der Waals surface area (Å²) >= 11 is 0. The van der Waals surface area contributed by atoms with Crippen LogP contribution in [0.4, 0.5) is 0 Å². The van der Waals surface area contributed by atoms with Crippen molar-refractivity contribution in [3.63, 3.8) is 0 Å². The van der Waals surface area contributed by atoms with Gasteiger partial charge in [0.2, 0.25) is 6.29 Å². The summed E-state index contributed by atoms with van der Waals surface area (Å²) in [5.74, 6) is -0.786. The van der Waals surface area contributed by atoms with Crippen LogP contribution in [0.2, 0.25) is 0 Å². The van der Waals surface area contributed by atoms with Gasteiger partial charge in [-0.3, -0.25) is 14.5 Å². The van der Waals surface area contributed by atoms with Crippen LogP contribution >= 0.6 is 0 Å². The maximum Gasteiger partial charge on any atom is 0.254 e. The summed E-state index contributed by atoms with van der Waals surface area (Å²) in [5, 5.41) is 0. The Balaban J connectivity index is 2.02. The van der Waals surface area contributed by atoms with Gasteiger partial charge < -0.3 is 4.74 Å². The molecule has 2 atom stereocenters. The number of hydrogen-bond acceptors (Lipinski definition) is 5. The molecule has 0 aliphatic carbocycles. The minimum Gasteiger partial charge on any atom is -0.351 e. The number of benzene rings is 1. The maximum absolute atomic E-state index is 11.7. The number of nitrogens with zero attached hydrogens (tertiary/aromatic N) is 1. The first kappa shape index (κ1) is 17.3. The number of amides is 2. The van der Waals surface area contributed by atoms with Crippen molar-refractivity contribution < 1.29 is 24.1 Å². The number of ether oxygens (including phenoxy) is 1. The summed E-state index contributed by atoms with van der Waals surface area (Å²) in [7, 11) is 1.43. The first-order chi connectivity index (χ1) is 10.9. The smallest absolute Gasteiger partial charge is 0.254 e. The van der Waals surface area contributed by atoms with Crippen LogP contribution in [0.25, 0.3) is 0 Å². The predicted molar refractivity (Wildman–Crippen MR) is 82.9 cm³/mol. The molecule has 0 N–H and O–H groups in total. The molecule has 124 valence electrons. The lowest BCUT2D eigenvalue weighted by molar-refractivity contribution is -0.426. The van der Waals surface area contributed by atoms with E-state index in [2.05, 4.69) is 0 Å². The third-order valence-electron chi connectivity index (χ3n) is 3.70. The Morgan fingerprint density at radius 1 is 1.04 bits per heavy atom. The number of carbonyl (C=O) groups is 2. The van der Waals surface area contributed by atoms with E-state index in [9.17, 15) is 9.59 Å². The molecule has 0 spiro atoms. The Kier molecular flexibility index (Phi) is 5.30. The zero-order valence-electron chi connectivity index (χ0n) is 13.7. The third-order valence-corrected chi connectivity index (χ3v) is 3.70. The molecule has 6 nitrogen and oxygen atoms in total. The number of carbonyl (C=O) groups excluding carboxylic acids is 2. The molecule has 0 saturated carbocycles. The normalized spacial score (nSPS) is 17.7. The lowest BCUT2D eigenvalue weighted by atomic mass is 9.99. The van der Waals surface area contributed by atoms with E-state index in [1.807, 2.05) is 44.2 Å². The zero-order valence-corrected chi connectivity index (χ0v) is 13.7. The zero-order chi connectivity index (χ0) is 17.0. The fourth-order valence-electron chi connectivity index (χ4n) is 2.31. The van der Waals surface area contributed by atoms with E-state index >= 15 is 0 Å². The first-order valence-electron chi connectivity index (χ1n) is 7.35. The largest absolute Gasteiger partial charge is 0.351 e. The minimum absolute atomic E-state index is 0.393. The van der Waals surface area contributed by atoms with Gasteiger partial charge in [-0.05, 0) is 26.3 Å². The van der Waals surface area contributed by atoms with Gasteiger partial charge in [-0.15, -0.1) is 0 Å². The van der Waals surface area contributed by atoms with Gasteiger partial charge in [0.05, 0.1) is 6.04 Å². The molecular weight excluding hydrogens is 298 g/mol. The highest BCUT2D eigenvalue weighted by molar-refractivity contribution is 6.13. The monoisotopic (exact) mass is 319 g/mol. The Hall–Kier alpha value is -2.02. The Morgan fingerprint density at radius 3 is 2.13 bits per heavy atom. The fourth-order valence-corrected chi connectivity index (χ4v) is 2.31. The highest BCUT2D eigenvalue weighted by atomic mass is 17.2. The minimum atomic E-state index is -0.897. The quantitative estimate of drug-likeness (QED) is 0.333. The predicted octanol–water partition coefficient (Wildman–Crippen LogP) is 2.16. The number of rotatable bonds is 7. The molecule has 2 rings (SSSR count). The van der Waals surface area contributed by atoms with E-state index in [1.165, 1.54) is 19.3 Å². The molecule has 0 aromatic heterocycles. The molecule has 2 unspecified atom stereocenters. The van der Waals surface area contributed by atoms with Crippen molar-refractivity contribution in [3.8, 4) is 0 Å². The summed E-state index contributed by atoms with van der Waals surface area (Å²) in [6, 6.07) is 8.95. The van der Waals surface area contributed by atoms with Gasteiger partial charge in [0.15, 0.2) is 0 Å². The van der Waals surface area contributed by atoms with Gasteiger partial charge in [0.1, 0.15) is 5.60 Å². The van der Waals surface area contributed by atoms with E-state index in [0.717, 1.165) is 10.5 Å². The molecule has 6 heteroatoms. The maximum atomic E-state index is 11.7.